The maximum absolute atomic E-state index is 3.37. The lowest BCUT2D eigenvalue weighted by Gasteiger charge is -2.16. The van der Waals surface area contributed by atoms with Crippen LogP contribution < -0.4 is 5.32 Å². The van der Waals surface area contributed by atoms with Crippen LogP contribution in [-0.2, 0) is 0 Å². The van der Waals surface area contributed by atoms with Crippen molar-refractivity contribution >= 4 is 11.8 Å². The van der Waals surface area contributed by atoms with E-state index in [2.05, 4.69) is 44.9 Å². The number of hydrogen-bond acceptors (Lipinski definition) is 2. The molecule has 0 fully saturated rings. The Hall–Kier alpha value is 0.310. The van der Waals surface area contributed by atoms with E-state index in [1.807, 2.05) is 0 Å². The summed E-state index contributed by atoms with van der Waals surface area (Å²) in [6.45, 7) is 6.77. The molecule has 2 heteroatoms. The first-order valence-electron chi connectivity index (χ1n) is 4.99. The third-order valence-electron chi connectivity index (χ3n) is 1.95. The normalized spacial score (nSPS) is 13.8. The predicted molar refractivity (Wildman–Crippen MR) is 60.0 cm³/mol. The maximum Gasteiger partial charge on any atom is 0.0155 e. The molecular formula is C10H23NS. The van der Waals surface area contributed by atoms with Crippen molar-refractivity contribution in [3.63, 3.8) is 0 Å². The molecule has 0 spiro atoms. The molecule has 0 aromatic rings. The SMILES string of the molecule is CCCCC(CSC(C)C)NC. The van der Waals surface area contributed by atoms with Gasteiger partial charge in [-0.25, -0.2) is 0 Å². The van der Waals surface area contributed by atoms with Gasteiger partial charge in [0.25, 0.3) is 0 Å². The van der Waals surface area contributed by atoms with Gasteiger partial charge in [0.05, 0.1) is 0 Å². The summed E-state index contributed by atoms with van der Waals surface area (Å²) in [5.74, 6) is 1.26. The first-order chi connectivity index (χ1) is 5.70. The Morgan fingerprint density at radius 2 is 2.00 bits per heavy atom. The minimum Gasteiger partial charge on any atom is -0.316 e. The predicted octanol–water partition coefficient (Wildman–Crippen LogP) is 2.91. The molecule has 0 aromatic carbocycles. The van der Waals surface area contributed by atoms with Gasteiger partial charge in [0, 0.05) is 11.8 Å². The van der Waals surface area contributed by atoms with Crippen LogP contribution in [0.25, 0.3) is 0 Å². The molecule has 12 heavy (non-hydrogen) atoms. The van der Waals surface area contributed by atoms with Crippen molar-refractivity contribution in [2.24, 2.45) is 0 Å². The van der Waals surface area contributed by atoms with E-state index < -0.39 is 0 Å². The van der Waals surface area contributed by atoms with E-state index in [1.165, 1.54) is 25.0 Å². The lowest BCUT2D eigenvalue weighted by atomic mass is 10.1. The van der Waals surface area contributed by atoms with Crippen molar-refractivity contribution in [2.45, 2.75) is 51.3 Å². The fourth-order valence-corrected chi connectivity index (χ4v) is 2.02. The highest BCUT2D eigenvalue weighted by molar-refractivity contribution is 7.99. The van der Waals surface area contributed by atoms with E-state index in [0.717, 1.165) is 11.3 Å². The third-order valence-corrected chi connectivity index (χ3v) is 3.21. The topological polar surface area (TPSA) is 12.0 Å². The number of hydrogen-bond donors (Lipinski definition) is 1. The van der Waals surface area contributed by atoms with Gasteiger partial charge in [-0.15, -0.1) is 0 Å². The Bertz CT molecular complexity index is 93.8. The zero-order chi connectivity index (χ0) is 9.40. The van der Waals surface area contributed by atoms with E-state index in [0.29, 0.717) is 0 Å². The summed E-state index contributed by atoms with van der Waals surface area (Å²) >= 11 is 2.05. The molecule has 1 atom stereocenters. The summed E-state index contributed by atoms with van der Waals surface area (Å²) in [7, 11) is 2.07. The number of rotatable bonds is 7. The molecule has 0 amide bonds. The summed E-state index contributed by atoms with van der Waals surface area (Å²) in [6.07, 6.45) is 3.99. The van der Waals surface area contributed by atoms with Crippen molar-refractivity contribution in [1.82, 2.24) is 5.32 Å². The van der Waals surface area contributed by atoms with Gasteiger partial charge in [0.1, 0.15) is 0 Å². The van der Waals surface area contributed by atoms with Gasteiger partial charge in [-0.1, -0.05) is 33.6 Å². The molecule has 0 aliphatic carbocycles. The Morgan fingerprint density at radius 3 is 2.42 bits per heavy atom. The quantitative estimate of drug-likeness (QED) is 0.661. The van der Waals surface area contributed by atoms with Gasteiger partial charge < -0.3 is 5.32 Å². The van der Waals surface area contributed by atoms with Crippen molar-refractivity contribution < 1.29 is 0 Å². The zero-order valence-electron chi connectivity index (χ0n) is 8.89. The molecular weight excluding hydrogens is 166 g/mol. The lowest BCUT2D eigenvalue weighted by Crippen LogP contribution is -2.28. The Balaban J connectivity index is 3.39. The highest BCUT2D eigenvalue weighted by Crippen LogP contribution is 2.13. The molecule has 0 bridgehead atoms. The molecule has 0 saturated heterocycles. The van der Waals surface area contributed by atoms with E-state index in [4.69, 9.17) is 0 Å². The van der Waals surface area contributed by atoms with Crippen LogP contribution in [-0.4, -0.2) is 24.1 Å². The summed E-state index contributed by atoms with van der Waals surface area (Å²) in [5.41, 5.74) is 0. The second-order valence-corrected chi connectivity index (χ2v) is 5.12. The van der Waals surface area contributed by atoms with Crippen LogP contribution in [0, 0.1) is 0 Å². The molecule has 0 aliphatic heterocycles. The smallest absolute Gasteiger partial charge is 0.0155 e. The number of thioether (sulfide) groups is 1. The van der Waals surface area contributed by atoms with Gasteiger partial charge in [-0.05, 0) is 18.7 Å². The van der Waals surface area contributed by atoms with E-state index >= 15 is 0 Å². The average molecular weight is 189 g/mol. The molecule has 1 unspecified atom stereocenters. The third kappa shape index (κ3) is 6.99. The van der Waals surface area contributed by atoms with Crippen LogP contribution in [0.15, 0.2) is 0 Å². The Morgan fingerprint density at radius 1 is 1.33 bits per heavy atom. The second kappa shape index (κ2) is 7.93. The highest BCUT2D eigenvalue weighted by Gasteiger charge is 2.05. The summed E-state index contributed by atoms with van der Waals surface area (Å²) < 4.78 is 0. The maximum atomic E-state index is 3.37. The summed E-state index contributed by atoms with van der Waals surface area (Å²) in [6, 6.07) is 0.720. The molecule has 0 aromatic heterocycles. The summed E-state index contributed by atoms with van der Waals surface area (Å²) in [5, 5.41) is 4.14. The minimum absolute atomic E-state index is 0.720. The molecule has 74 valence electrons. The van der Waals surface area contributed by atoms with Crippen molar-refractivity contribution in [3.05, 3.63) is 0 Å². The van der Waals surface area contributed by atoms with Gasteiger partial charge >= 0.3 is 0 Å². The summed E-state index contributed by atoms with van der Waals surface area (Å²) in [4.78, 5) is 0. The molecule has 0 heterocycles. The van der Waals surface area contributed by atoms with Gasteiger partial charge in [0.2, 0.25) is 0 Å². The van der Waals surface area contributed by atoms with Gasteiger partial charge in [-0.3, -0.25) is 0 Å². The van der Waals surface area contributed by atoms with Gasteiger partial charge in [-0.2, -0.15) is 11.8 Å². The van der Waals surface area contributed by atoms with E-state index in [9.17, 15) is 0 Å². The van der Waals surface area contributed by atoms with E-state index in [1.54, 1.807) is 0 Å². The van der Waals surface area contributed by atoms with Crippen molar-refractivity contribution in [3.8, 4) is 0 Å². The Kier molecular flexibility index (Phi) is 8.14. The molecule has 0 radical (unpaired) electrons. The molecule has 0 rings (SSSR count). The van der Waals surface area contributed by atoms with Crippen molar-refractivity contribution in [1.29, 1.82) is 0 Å². The first kappa shape index (κ1) is 12.3. The van der Waals surface area contributed by atoms with Crippen LogP contribution in [0.5, 0.6) is 0 Å². The van der Waals surface area contributed by atoms with Crippen LogP contribution in [0.3, 0.4) is 0 Å². The molecule has 1 N–H and O–H groups in total. The molecule has 0 saturated carbocycles. The number of nitrogens with one attached hydrogen (secondary N) is 1. The average Bonchev–Trinajstić information content (AvgIpc) is 2.05. The Labute approximate surface area is 81.7 Å². The van der Waals surface area contributed by atoms with Crippen LogP contribution >= 0.6 is 11.8 Å². The van der Waals surface area contributed by atoms with Crippen LogP contribution in [0.4, 0.5) is 0 Å². The first-order valence-corrected chi connectivity index (χ1v) is 6.04. The fourth-order valence-electron chi connectivity index (χ4n) is 1.07. The minimum atomic E-state index is 0.720. The fraction of sp³-hybridized carbons (Fsp3) is 1.00. The lowest BCUT2D eigenvalue weighted by molar-refractivity contribution is 0.543. The molecule has 0 aliphatic rings. The second-order valence-electron chi connectivity index (χ2n) is 3.51. The highest BCUT2D eigenvalue weighted by atomic mass is 32.2. The standard InChI is InChI=1S/C10H23NS/c1-5-6-7-10(11-4)8-12-9(2)3/h9-11H,5-8H2,1-4H3. The largest absolute Gasteiger partial charge is 0.316 e. The zero-order valence-corrected chi connectivity index (χ0v) is 9.71. The monoisotopic (exact) mass is 189 g/mol. The van der Waals surface area contributed by atoms with Crippen LogP contribution in [0.2, 0.25) is 0 Å². The molecule has 1 nitrogen and oxygen atoms in total. The van der Waals surface area contributed by atoms with Crippen LogP contribution in [0.1, 0.15) is 40.0 Å². The number of unbranched alkanes of at least 4 members (excludes halogenated alkanes) is 1. The van der Waals surface area contributed by atoms with Crippen molar-refractivity contribution in [2.75, 3.05) is 12.8 Å². The van der Waals surface area contributed by atoms with E-state index in [-0.39, 0.29) is 0 Å². The van der Waals surface area contributed by atoms with Gasteiger partial charge in [0.15, 0.2) is 0 Å².